The Labute approximate surface area is 165 Å². The first kappa shape index (κ1) is 19.9. The van der Waals surface area contributed by atoms with Crippen LogP contribution < -0.4 is 10.1 Å². The van der Waals surface area contributed by atoms with E-state index in [4.69, 9.17) is 9.15 Å². The molecule has 1 atom stereocenters. The molecule has 7 heteroatoms. The highest BCUT2D eigenvalue weighted by atomic mass is 16.5. The summed E-state index contributed by atoms with van der Waals surface area (Å²) in [5, 5.41) is 2.89. The van der Waals surface area contributed by atoms with E-state index in [1.807, 2.05) is 24.0 Å². The molecule has 2 aromatic rings. The molecule has 0 aliphatic carbocycles. The smallest absolute Gasteiger partial charge is 0.259 e. The molecule has 0 radical (unpaired) electrons. The Kier molecular flexibility index (Phi) is 6.68. The molecule has 3 heterocycles. The number of methoxy groups -OCH3 is 1. The van der Waals surface area contributed by atoms with Crippen molar-refractivity contribution in [1.82, 2.24) is 15.2 Å². The van der Waals surface area contributed by atoms with Gasteiger partial charge >= 0.3 is 0 Å². The number of nitrogens with zero attached hydrogens (tertiary/aromatic N) is 2. The van der Waals surface area contributed by atoms with Crippen LogP contribution >= 0.6 is 0 Å². The third-order valence-corrected chi connectivity index (χ3v) is 5.04. The Balaban J connectivity index is 1.48. The van der Waals surface area contributed by atoms with Gasteiger partial charge in [0.25, 0.3) is 5.91 Å². The van der Waals surface area contributed by atoms with Crippen LogP contribution in [0.25, 0.3) is 0 Å². The number of rotatable bonds is 7. The molecule has 3 rings (SSSR count). The number of furan rings is 1. The molecule has 1 fully saturated rings. The number of piperidine rings is 1. The number of amides is 2. The number of hydrogen-bond acceptors (Lipinski definition) is 5. The van der Waals surface area contributed by atoms with Gasteiger partial charge in [0.05, 0.1) is 13.7 Å². The first-order valence-corrected chi connectivity index (χ1v) is 9.67. The fourth-order valence-electron chi connectivity index (χ4n) is 3.56. The monoisotopic (exact) mass is 385 g/mol. The Bertz CT molecular complexity index is 817. The minimum absolute atomic E-state index is 0.00596. The van der Waals surface area contributed by atoms with E-state index in [-0.39, 0.29) is 11.8 Å². The molecule has 1 aliphatic heterocycles. The van der Waals surface area contributed by atoms with E-state index < -0.39 is 0 Å². The Hall–Kier alpha value is -2.83. The summed E-state index contributed by atoms with van der Waals surface area (Å²) in [6.07, 6.45) is 4.78. The van der Waals surface area contributed by atoms with Crippen LogP contribution in [0.15, 0.2) is 34.9 Å². The van der Waals surface area contributed by atoms with Crippen molar-refractivity contribution in [2.24, 2.45) is 5.92 Å². The summed E-state index contributed by atoms with van der Waals surface area (Å²) in [6.45, 7) is 3.66. The summed E-state index contributed by atoms with van der Waals surface area (Å²) < 4.78 is 10.7. The minimum atomic E-state index is -0.0627. The molecule has 0 saturated carbocycles. The van der Waals surface area contributed by atoms with Crippen molar-refractivity contribution in [3.05, 3.63) is 47.5 Å². The van der Waals surface area contributed by atoms with Gasteiger partial charge in [0.2, 0.25) is 11.8 Å². The van der Waals surface area contributed by atoms with E-state index >= 15 is 0 Å². The highest BCUT2D eigenvalue weighted by molar-refractivity contribution is 5.96. The summed E-state index contributed by atoms with van der Waals surface area (Å²) >= 11 is 0. The van der Waals surface area contributed by atoms with Gasteiger partial charge in [-0.15, -0.1) is 0 Å². The number of carbonyl (C=O) groups is 2. The fourth-order valence-corrected chi connectivity index (χ4v) is 3.56. The second kappa shape index (κ2) is 9.39. The lowest BCUT2D eigenvalue weighted by atomic mass is 9.93. The number of ether oxygens (including phenoxy) is 1. The summed E-state index contributed by atoms with van der Waals surface area (Å²) in [4.78, 5) is 30.9. The number of likely N-dealkylation sites (tertiary alicyclic amines) is 1. The first-order valence-electron chi connectivity index (χ1n) is 9.67. The molecule has 0 aromatic carbocycles. The largest absolute Gasteiger partial charge is 0.480 e. The Morgan fingerprint density at radius 3 is 2.96 bits per heavy atom. The van der Waals surface area contributed by atoms with Crippen molar-refractivity contribution in [2.75, 3.05) is 20.2 Å². The lowest BCUT2D eigenvalue weighted by Gasteiger charge is -2.33. The van der Waals surface area contributed by atoms with Crippen LogP contribution in [0, 0.1) is 12.8 Å². The van der Waals surface area contributed by atoms with Crippen molar-refractivity contribution >= 4 is 11.8 Å². The zero-order valence-corrected chi connectivity index (χ0v) is 16.4. The number of carbonyl (C=O) groups excluding carboxylic acids is 2. The quantitative estimate of drug-likeness (QED) is 0.792. The maximum absolute atomic E-state index is 12.8. The van der Waals surface area contributed by atoms with E-state index in [1.165, 1.54) is 7.11 Å². The number of pyridine rings is 1. The number of aryl methyl sites for hydroxylation is 1. The predicted molar refractivity (Wildman–Crippen MR) is 104 cm³/mol. The van der Waals surface area contributed by atoms with Crippen LogP contribution in [0.1, 0.15) is 47.6 Å². The fraction of sp³-hybridized carbons (Fsp3) is 0.476. The molecule has 2 amide bonds. The van der Waals surface area contributed by atoms with Crippen LogP contribution in [0.3, 0.4) is 0 Å². The minimum Gasteiger partial charge on any atom is -0.480 e. The van der Waals surface area contributed by atoms with Crippen LogP contribution in [-0.2, 0) is 11.3 Å². The maximum atomic E-state index is 12.8. The number of aromatic nitrogens is 1. The SMILES string of the molecule is COc1ncccc1C(=O)N1CCC[C@@H](CCC(=O)NCc2ccc(C)o2)C1. The van der Waals surface area contributed by atoms with Crippen molar-refractivity contribution in [3.8, 4) is 5.88 Å². The lowest BCUT2D eigenvalue weighted by molar-refractivity contribution is -0.121. The second-order valence-electron chi connectivity index (χ2n) is 7.15. The van der Waals surface area contributed by atoms with Crippen molar-refractivity contribution in [3.63, 3.8) is 0 Å². The van der Waals surface area contributed by atoms with Gasteiger partial charge in [-0.2, -0.15) is 0 Å². The van der Waals surface area contributed by atoms with Crippen molar-refractivity contribution in [2.45, 2.75) is 39.2 Å². The molecule has 1 saturated heterocycles. The van der Waals surface area contributed by atoms with Crippen molar-refractivity contribution in [1.29, 1.82) is 0 Å². The summed E-state index contributed by atoms with van der Waals surface area (Å²) in [5.41, 5.74) is 0.483. The zero-order chi connectivity index (χ0) is 19.9. The predicted octanol–water partition coefficient (Wildman–Crippen LogP) is 2.94. The number of nitrogens with one attached hydrogen (secondary N) is 1. The highest BCUT2D eigenvalue weighted by Crippen LogP contribution is 2.24. The van der Waals surface area contributed by atoms with Crippen LogP contribution in [0.5, 0.6) is 5.88 Å². The zero-order valence-electron chi connectivity index (χ0n) is 16.4. The average molecular weight is 385 g/mol. The summed E-state index contributed by atoms with van der Waals surface area (Å²) in [6, 6.07) is 7.23. The molecule has 0 unspecified atom stereocenters. The molecular formula is C21H27N3O4. The van der Waals surface area contributed by atoms with E-state index in [2.05, 4.69) is 10.3 Å². The van der Waals surface area contributed by atoms with Gasteiger partial charge in [0.15, 0.2) is 0 Å². The van der Waals surface area contributed by atoms with E-state index in [0.29, 0.717) is 36.9 Å². The standard InChI is InChI=1S/C21H27N3O4/c1-15-7-9-17(28-15)13-23-19(25)10-8-16-5-4-12-24(14-16)21(26)18-6-3-11-22-20(18)27-2/h3,6-7,9,11,16H,4-5,8,10,12-14H2,1-2H3,(H,23,25)/t16-/m0/s1. The van der Waals surface area contributed by atoms with E-state index in [9.17, 15) is 9.59 Å². The number of hydrogen-bond donors (Lipinski definition) is 1. The molecule has 1 N–H and O–H groups in total. The second-order valence-corrected chi connectivity index (χ2v) is 7.15. The Morgan fingerprint density at radius 2 is 2.21 bits per heavy atom. The summed E-state index contributed by atoms with van der Waals surface area (Å²) in [5.74, 6) is 2.20. The molecule has 7 nitrogen and oxygen atoms in total. The summed E-state index contributed by atoms with van der Waals surface area (Å²) in [7, 11) is 1.51. The molecular weight excluding hydrogens is 358 g/mol. The molecule has 2 aromatic heterocycles. The van der Waals surface area contributed by atoms with Crippen LogP contribution in [-0.4, -0.2) is 41.9 Å². The lowest BCUT2D eigenvalue weighted by Crippen LogP contribution is -2.40. The van der Waals surface area contributed by atoms with E-state index in [0.717, 1.165) is 37.3 Å². The average Bonchev–Trinajstić information content (AvgIpc) is 3.15. The Morgan fingerprint density at radius 1 is 1.36 bits per heavy atom. The highest BCUT2D eigenvalue weighted by Gasteiger charge is 2.26. The maximum Gasteiger partial charge on any atom is 0.259 e. The van der Waals surface area contributed by atoms with Gasteiger partial charge in [-0.3, -0.25) is 9.59 Å². The van der Waals surface area contributed by atoms with Gasteiger partial charge in [-0.25, -0.2) is 4.98 Å². The van der Waals surface area contributed by atoms with Crippen LogP contribution in [0.2, 0.25) is 0 Å². The third-order valence-electron chi connectivity index (χ3n) is 5.04. The topological polar surface area (TPSA) is 84.7 Å². The molecule has 0 bridgehead atoms. The molecule has 1 aliphatic rings. The molecule has 0 spiro atoms. The van der Waals surface area contributed by atoms with Gasteiger partial charge in [-0.1, -0.05) is 0 Å². The van der Waals surface area contributed by atoms with Gasteiger partial charge in [-0.05, 0) is 56.4 Å². The van der Waals surface area contributed by atoms with Crippen molar-refractivity contribution < 1.29 is 18.7 Å². The molecule has 150 valence electrons. The molecule has 28 heavy (non-hydrogen) atoms. The normalized spacial score (nSPS) is 16.6. The van der Waals surface area contributed by atoms with Crippen LogP contribution in [0.4, 0.5) is 0 Å². The van der Waals surface area contributed by atoms with Gasteiger partial charge < -0.3 is 19.4 Å². The van der Waals surface area contributed by atoms with E-state index in [1.54, 1.807) is 18.3 Å². The van der Waals surface area contributed by atoms with Gasteiger partial charge in [0, 0.05) is 25.7 Å². The van der Waals surface area contributed by atoms with Gasteiger partial charge in [0.1, 0.15) is 17.1 Å². The third kappa shape index (κ3) is 5.12. The first-order chi connectivity index (χ1) is 13.6.